The largest absolute Gasteiger partial charge is 0.468 e. The van der Waals surface area contributed by atoms with E-state index in [0.717, 1.165) is 27.4 Å². The van der Waals surface area contributed by atoms with Crippen LogP contribution in [0, 0.1) is 0 Å². The molecular weight excluding hydrogens is 460 g/mol. The Kier molecular flexibility index (Phi) is 7.25. The lowest BCUT2D eigenvalue weighted by Crippen LogP contribution is -2.26. The summed E-state index contributed by atoms with van der Waals surface area (Å²) in [5.74, 6) is -0.770. The van der Waals surface area contributed by atoms with Gasteiger partial charge in [-0.05, 0) is 30.3 Å². The zero-order chi connectivity index (χ0) is 22.4. The second-order valence-corrected chi connectivity index (χ2v) is 10.2. The summed E-state index contributed by atoms with van der Waals surface area (Å²) in [6.45, 7) is 0. The van der Waals surface area contributed by atoms with Crippen LogP contribution in [0.25, 0.3) is 0 Å². The van der Waals surface area contributed by atoms with Crippen molar-refractivity contribution < 1.29 is 22.7 Å². The zero-order valence-corrected chi connectivity index (χ0v) is 19.0. The minimum Gasteiger partial charge on any atom is -0.468 e. The molecule has 9 nitrogen and oxygen atoms in total. The van der Waals surface area contributed by atoms with E-state index in [0.29, 0.717) is 10.0 Å². The highest BCUT2D eigenvalue weighted by atomic mass is 32.2. The maximum Gasteiger partial charge on any atom is 0.316 e. The number of hydrogen-bond acceptors (Lipinski definition) is 9. The van der Waals surface area contributed by atoms with Gasteiger partial charge in [-0.1, -0.05) is 47.4 Å². The van der Waals surface area contributed by atoms with Crippen molar-refractivity contribution in [1.29, 1.82) is 0 Å². The molecular formula is C19H18N4O5S3. The Morgan fingerprint density at radius 1 is 1.13 bits per heavy atom. The van der Waals surface area contributed by atoms with Crippen LogP contribution in [0.3, 0.4) is 0 Å². The van der Waals surface area contributed by atoms with Crippen LogP contribution in [0.2, 0.25) is 0 Å². The van der Waals surface area contributed by atoms with Gasteiger partial charge in [-0.2, -0.15) is 0 Å². The molecule has 0 atom stereocenters. The number of anilines is 2. The molecule has 0 aliphatic rings. The van der Waals surface area contributed by atoms with Gasteiger partial charge in [0.15, 0.2) is 4.34 Å². The number of nitrogens with one attached hydrogen (secondary N) is 1. The standard InChI is InChI=1S/C19H18N4O5S3/c1-23(31(26,27)15-9-4-3-5-10-15)14-8-6-7-13(11-14)17(25)20-18-21-22-19(30-18)29-12-16(24)28-2/h3-11H,12H2,1-2H3,(H,20,21,25). The summed E-state index contributed by atoms with van der Waals surface area (Å²) in [6.07, 6.45) is 0. The van der Waals surface area contributed by atoms with Crippen LogP contribution in [-0.2, 0) is 19.6 Å². The molecule has 0 saturated carbocycles. The summed E-state index contributed by atoms with van der Waals surface area (Å²) >= 11 is 2.26. The number of ether oxygens (including phenoxy) is 1. The third kappa shape index (κ3) is 5.60. The van der Waals surface area contributed by atoms with Crippen molar-refractivity contribution >= 4 is 55.8 Å². The van der Waals surface area contributed by atoms with Gasteiger partial charge in [0, 0.05) is 12.6 Å². The van der Waals surface area contributed by atoms with Gasteiger partial charge in [0.05, 0.1) is 23.4 Å². The maximum absolute atomic E-state index is 12.8. The first-order valence-electron chi connectivity index (χ1n) is 8.80. The highest BCUT2D eigenvalue weighted by molar-refractivity contribution is 8.01. The third-order valence-electron chi connectivity index (χ3n) is 4.04. The molecule has 1 amide bonds. The van der Waals surface area contributed by atoms with E-state index in [2.05, 4.69) is 20.3 Å². The molecule has 0 radical (unpaired) electrons. The van der Waals surface area contributed by atoms with Crippen LogP contribution in [-0.4, -0.2) is 50.4 Å². The molecule has 0 fully saturated rings. The van der Waals surface area contributed by atoms with Crippen molar-refractivity contribution in [3.05, 3.63) is 60.2 Å². The number of aromatic nitrogens is 2. The monoisotopic (exact) mass is 478 g/mol. The number of nitrogens with zero attached hydrogens (tertiary/aromatic N) is 3. The summed E-state index contributed by atoms with van der Waals surface area (Å²) in [6, 6.07) is 14.3. The topological polar surface area (TPSA) is 119 Å². The first-order chi connectivity index (χ1) is 14.8. The lowest BCUT2D eigenvalue weighted by molar-refractivity contribution is -0.137. The Bertz CT molecular complexity index is 1180. The first-order valence-corrected chi connectivity index (χ1v) is 12.0. The number of hydrogen-bond donors (Lipinski definition) is 1. The molecule has 0 spiro atoms. The summed E-state index contributed by atoms with van der Waals surface area (Å²) in [5.41, 5.74) is 0.592. The van der Waals surface area contributed by atoms with Gasteiger partial charge in [0.2, 0.25) is 5.13 Å². The van der Waals surface area contributed by atoms with Gasteiger partial charge < -0.3 is 4.74 Å². The van der Waals surface area contributed by atoms with E-state index >= 15 is 0 Å². The van der Waals surface area contributed by atoms with Crippen LogP contribution in [0.15, 0.2) is 63.8 Å². The second-order valence-electron chi connectivity index (χ2n) is 6.03. The number of carbonyl (C=O) groups is 2. The van der Waals surface area contributed by atoms with E-state index in [4.69, 9.17) is 0 Å². The Morgan fingerprint density at radius 3 is 2.58 bits per heavy atom. The predicted octanol–water partition coefficient (Wildman–Crippen LogP) is 2.88. The van der Waals surface area contributed by atoms with Crippen LogP contribution in [0.4, 0.5) is 10.8 Å². The molecule has 3 rings (SSSR count). The molecule has 1 aromatic heterocycles. The molecule has 0 saturated heterocycles. The fourth-order valence-electron chi connectivity index (χ4n) is 2.40. The molecule has 0 unspecified atom stereocenters. The number of sulfonamides is 1. The van der Waals surface area contributed by atoms with E-state index in [1.54, 1.807) is 36.4 Å². The molecule has 0 aliphatic carbocycles. The molecule has 2 aromatic carbocycles. The number of methoxy groups -OCH3 is 1. The average Bonchev–Trinajstić information content (AvgIpc) is 3.24. The van der Waals surface area contributed by atoms with Crippen LogP contribution < -0.4 is 9.62 Å². The zero-order valence-electron chi connectivity index (χ0n) is 16.5. The molecule has 162 valence electrons. The summed E-state index contributed by atoms with van der Waals surface area (Å²) in [7, 11) is -1.04. The van der Waals surface area contributed by atoms with Crippen molar-refractivity contribution in [3.63, 3.8) is 0 Å². The minimum atomic E-state index is -3.76. The summed E-state index contributed by atoms with van der Waals surface area (Å²) in [4.78, 5) is 24.0. The number of benzene rings is 2. The Labute approximate surface area is 187 Å². The SMILES string of the molecule is COC(=O)CSc1nnc(NC(=O)c2cccc(N(C)S(=O)(=O)c3ccccc3)c2)s1. The van der Waals surface area contributed by atoms with E-state index < -0.39 is 21.9 Å². The molecule has 3 aromatic rings. The van der Waals surface area contributed by atoms with Gasteiger partial charge in [-0.15, -0.1) is 10.2 Å². The van der Waals surface area contributed by atoms with E-state index in [9.17, 15) is 18.0 Å². The van der Waals surface area contributed by atoms with Gasteiger partial charge in [-0.3, -0.25) is 19.2 Å². The van der Waals surface area contributed by atoms with Crippen molar-refractivity contribution in [2.45, 2.75) is 9.24 Å². The number of carbonyl (C=O) groups excluding carboxylic acids is 2. The molecule has 31 heavy (non-hydrogen) atoms. The van der Waals surface area contributed by atoms with Gasteiger partial charge >= 0.3 is 5.97 Å². The van der Waals surface area contributed by atoms with E-state index in [-0.39, 0.29) is 21.3 Å². The smallest absolute Gasteiger partial charge is 0.316 e. The third-order valence-corrected chi connectivity index (χ3v) is 7.79. The van der Waals surface area contributed by atoms with E-state index in [1.807, 2.05) is 0 Å². The van der Waals surface area contributed by atoms with Crippen LogP contribution in [0.1, 0.15) is 10.4 Å². The number of amides is 1. The van der Waals surface area contributed by atoms with Crippen molar-refractivity contribution in [2.24, 2.45) is 0 Å². The summed E-state index contributed by atoms with van der Waals surface area (Å²) in [5, 5.41) is 10.7. The van der Waals surface area contributed by atoms with Crippen molar-refractivity contribution in [3.8, 4) is 0 Å². The van der Waals surface area contributed by atoms with Gasteiger partial charge in [0.1, 0.15) is 0 Å². The normalized spacial score (nSPS) is 11.0. The Balaban J connectivity index is 1.72. The fraction of sp³-hybridized carbons (Fsp3) is 0.158. The Hall–Kier alpha value is -2.96. The molecule has 1 N–H and O–H groups in total. The highest BCUT2D eigenvalue weighted by Crippen LogP contribution is 2.27. The number of esters is 1. The number of rotatable bonds is 8. The van der Waals surface area contributed by atoms with Gasteiger partial charge in [-0.25, -0.2) is 8.42 Å². The lowest BCUT2D eigenvalue weighted by atomic mass is 10.2. The minimum absolute atomic E-state index is 0.0867. The molecule has 0 bridgehead atoms. The van der Waals surface area contributed by atoms with Crippen molar-refractivity contribution in [2.75, 3.05) is 29.5 Å². The fourth-order valence-corrected chi connectivity index (χ4v) is 5.19. The first kappa shape index (κ1) is 22.7. The van der Waals surface area contributed by atoms with Crippen LogP contribution >= 0.6 is 23.1 Å². The molecule has 12 heteroatoms. The highest BCUT2D eigenvalue weighted by Gasteiger charge is 2.22. The summed E-state index contributed by atoms with van der Waals surface area (Å²) < 4.78 is 31.8. The molecule has 0 aliphatic heterocycles. The Morgan fingerprint density at radius 2 is 1.87 bits per heavy atom. The van der Waals surface area contributed by atoms with Gasteiger partial charge in [0.25, 0.3) is 15.9 Å². The number of thioether (sulfide) groups is 1. The quantitative estimate of drug-likeness (QED) is 0.298. The van der Waals surface area contributed by atoms with Crippen LogP contribution in [0.5, 0.6) is 0 Å². The average molecular weight is 479 g/mol. The van der Waals surface area contributed by atoms with Crippen molar-refractivity contribution in [1.82, 2.24) is 10.2 Å². The predicted molar refractivity (Wildman–Crippen MR) is 119 cm³/mol. The lowest BCUT2D eigenvalue weighted by Gasteiger charge is -2.20. The molecule has 1 heterocycles. The second kappa shape index (κ2) is 9.90. The van der Waals surface area contributed by atoms with E-state index in [1.165, 1.54) is 32.4 Å². The maximum atomic E-state index is 12.8.